The van der Waals surface area contributed by atoms with E-state index in [-0.39, 0.29) is 0 Å². The molecule has 1 atom stereocenters. The first-order valence-corrected chi connectivity index (χ1v) is 2.03. The van der Waals surface area contributed by atoms with Gasteiger partial charge >= 0.3 is 0 Å². The van der Waals surface area contributed by atoms with Gasteiger partial charge in [0.2, 0.25) is 0 Å². The van der Waals surface area contributed by atoms with Crippen LogP contribution in [0.15, 0.2) is 0 Å². The second kappa shape index (κ2) is 2.31. The normalized spacial score (nSPS) is 15.0. The molecule has 0 saturated heterocycles. The molecule has 0 nitrogen and oxygen atoms in total. The molecule has 0 aromatic carbocycles. The Labute approximate surface area is 35.0 Å². The molecule has 0 spiro atoms. The van der Waals surface area contributed by atoms with Crippen LogP contribution in [-0.4, -0.2) is 7.85 Å². The average molecular weight is 67.9 g/mol. The van der Waals surface area contributed by atoms with Crippen molar-refractivity contribution in [2.24, 2.45) is 0 Å². The first kappa shape index (κ1) is 5.06. The fraction of sp³-hybridized carbons (Fsp3) is 1.00. The van der Waals surface area contributed by atoms with Crippen molar-refractivity contribution in [1.82, 2.24) is 0 Å². The topological polar surface area (TPSA) is 0 Å². The third-order valence-electron chi connectivity index (χ3n) is 0.644. The van der Waals surface area contributed by atoms with Crippen LogP contribution < -0.4 is 0 Å². The molecule has 0 aliphatic rings. The zero-order valence-corrected chi connectivity index (χ0v) is 3.86. The molecule has 0 bridgehead atoms. The summed E-state index contributed by atoms with van der Waals surface area (Å²) in [6.07, 6.45) is 1.08. The lowest BCUT2D eigenvalue weighted by molar-refractivity contribution is 0.880. The van der Waals surface area contributed by atoms with E-state index in [4.69, 9.17) is 7.85 Å². The zero-order chi connectivity index (χ0) is 4.28. The lowest BCUT2D eigenvalue weighted by atomic mass is 9.88. The highest BCUT2D eigenvalue weighted by Crippen LogP contribution is 1.97. The van der Waals surface area contributed by atoms with Crippen LogP contribution in [0.3, 0.4) is 0 Å². The minimum absolute atomic E-state index is 0.384. The van der Waals surface area contributed by atoms with Gasteiger partial charge in [-0.25, -0.2) is 0 Å². The number of hydrogen-bond donors (Lipinski definition) is 0. The van der Waals surface area contributed by atoms with Gasteiger partial charge in [-0.1, -0.05) is 13.3 Å². The molecule has 0 saturated carbocycles. The summed E-state index contributed by atoms with van der Waals surface area (Å²) in [5.74, 6) is 0.384. The van der Waals surface area contributed by atoms with Gasteiger partial charge in [-0.3, -0.25) is 5.82 Å². The van der Waals surface area contributed by atoms with Crippen molar-refractivity contribution < 1.29 is 0 Å². The predicted octanol–water partition coefficient (Wildman–Crippen LogP) is 1.37. The monoisotopic (exact) mass is 68.1 g/mol. The van der Waals surface area contributed by atoms with Crippen molar-refractivity contribution in [2.45, 2.75) is 26.1 Å². The average Bonchev–Trinajstić information content (AvgIpc) is 1.38. The molecule has 0 aliphatic heterocycles. The Morgan fingerprint density at radius 1 is 1.80 bits per heavy atom. The van der Waals surface area contributed by atoms with Crippen LogP contribution in [0.1, 0.15) is 20.3 Å². The van der Waals surface area contributed by atoms with Crippen molar-refractivity contribution in [1.29, 1.82) is 0 Å². The van der Waals surface area contributed by atoms with Gasteiger partial charge in [0.05, 0.1) is 0 Å². The van der Waals surface area contributed by atoms with Crippen molar-refractivity contribution in [3.05, 3.63) is 0 Å². The maximum Gasteiger partial charge on any atom is -0.0684 e. The Morgan fingerprint density at radius 3 is 2.00 bits per heavy atom. The summed E-state index contributed by atoms with van der Waals surface area (Å²) >= 11 is 0. The largest absolute Gasteiger partial charge is 0.622 e. The molecular formula is C4H9B-. The second-order valence-corrected chi connectivity index (χ2v) is 1.39. The molecular weight excluding hydrogens is 58.9 g/mol. The highest BCUT2D eigenvalue weighted by molar-refractivity contribution is 6.11. The van der Waals surface area contributed by atoms with Crippen molar-refractivity contribution in [3.8, 4) is 0 Å². The van der Waals surface area contributed by atoms with E-state index >= 15 is 0 Å². The van der Waals surface area contributed by atoms with Gasteiger partial charge in [0.15, 0.2) is 0 Å². The van der Waals surface area contributed by atoms with Gasteiger partial charge < -0.3 is 7.85 Å². The summed E-state index contributed by atoms with van der Waals surface area (Å²) in [6.45, 7) is 4.07. The van der Waals surface area contributed by atoms with Crippen LogP contribution in [0.5, 0.6) is 0 Å². The first-order chi connectivity index (χ1) is 2.27. The van der Waals surface area contributed by atoms with Gasteiger partial charge in [0.1, 0.15) is 0 Å². The van der Waals surface area contributed by atoms with E-state index in [1.54, 1.807) is 0 Å². The number of hydrogen-bond acceptors (Lipinski definition) is 0. The van der Waals surface area contributed by atoms with Crippen LogP contribution in [0.2, 0.25) is 5.82 Å². The fourth-order valence-corrected chi connectivity index (χ4v) is 0. The lowest BCUT2D eigenvalue weighted by Gasteiger charge is -2.10. The Hall–Kier alpha value is 0.0649. The van der Waals surface area contributed by atoms with E-state index in [2.05, 4.69) is 6.92 Å². The minimum atomic E-state index is 0.384. The van der Waals surface area contributed by atoms with Gasteiger partial charge in [0.25, 0.3) is 0 Å². The highest BCUT2D eigenvalue weighted by atomic mass is 13.8. The maximum absolute atomic E-state index is 5.29. The molecule has 0 fully saturated rings. The lowest BCUT2D eigenvalue weighted by Crippen LogP contribution is -1.76. The summed E-state index contributed by atoms with van der Waals surface area (Å²) in [6, 6.07) is 0. The van der Waals surface area contributed by atoms with Gasteiger partial charge in [0, 0.05) is 0 Å². The van der Waals surface area contributed by atoms with Crippen LogP contribution in [0.25, 0.3) is 0 Å². The van der Waals surface area contributed by atoms with E-state index < -0.39 is 0 Å². The maximum atomic E-state index is 5.29. The fourth-order valence-electron chi connectivity index (χ4n) is 0. The summed E-state index contributed by atoms with van der Waals surface area (Å²) in [7, 11) is 5.29. The van der Waals surface area contributed by atoms with Crippen molar-refractivity contribution >= 4 is 7.85 Å². The zero-order valence-electron chi connectivity index (χ0n) is 3.86. The van der Waals surface area contributed by atoms with Crippen LogP contribution >= 0.6 is 0 Å². The van der Waals surface area contributed by atoms with Crippen molar-refractivity contribution in [3.63, 3.8) is 0 Å². The molecule has 0 unspecified atom stereocenters. The van der Waals surface area contributed by atoms with Crippen LogP contribution in [0.4, 0.5) is 0 Å². The Kier molecular flexibility index (Phi) is 2.34. The molecule has 0 aliphatic carbocycles. The Morgan fingerprint density at radius 2 is 2.00 bits per heavy atom. The molecule has 1 heteroatoms. The summed E-state index contributed by atoms with van der Waals surface area (Å²) in [4.78, 5) is 0. The quantitative estimate of drug-likeness (QED) is 0.407. The van der Waals surface area contributed by atoms with E-state index in [1.807, 2.05) is 6.92 Å². The van der Waals surface area contributed by atoms with Gasteiger partial charge in [-0.05, 0) is 0 Å². The van der Waals surface area contributed by atoms with E-state index in [0.29, 0.717) is 5.82 Å². The van der Waals surface area contributed by atoms with Crippen LogP contribution in [-0.2, 0) is 0 Å². The summed E-state index contributed by atoms with van der Waals surface area (Å²) in [5.41, 5.74) is 0. The van der Waals surface area contributed by atoms with Gasteiger partial charge in [-0.15, -0.1) is 6.92 Å². The van der Waals surface area contributed by atoms with E-state index in [1.165, 1.54) is 0 Å². The predicted molar refractivity (Wildman–Crippen MR) is 25.5 cm³/mol. The van der Waals surface area contributed by atoms with Gasteiger partial charge in [-0.2, -0.15) is 0 Å². The summed E-state index contributed by atoms with van der Waals surface area (Å²) in [5, 5.41) is 0. The Balaban J connectivity index is 2.54. The highest BCUT2D eigenvalue weighted by Gasteiger charge is 1.63. The SMILES string of the molecule is [B-][C@H](C)CC. The third-order valence-corrected chi connectivity index (χ3v) is 0.644. The molecule has 0 heterocycles. The molecule has 0 rings (SSSR count). The minimum Gasteiger partial charge on any atom is -0.622 e. The van der Waals surface area contributed by atoms with Crippen molar-refractivity contribution in [2.75, 3.05) is 0 Å². The molecule has 0 aromatic heterocycles. The molecule has 5 heavy (non-hydrogen) atoms. The van der Waals surface area contributed by atoms with E-state index in [9.17, 15) is 0 Å². The smallest absolute Gasteiger partial charge is 0.0684 e. The van der Waals surface area contributed by atoms with Crippen LogP contribution in [0, 0.1) is 0 Å². The summed E-state index contributed by atoms with van der Waals surface area (Å²) < 4.78 is 0. The molecule has 0 aromatic rings. The molecule has 29 valence electrons. The number of rotatable bonds is 1. The first-order valence-electron chi connectivity index (χ1n) is 2.03. The second-order valence-electron chi connectivity index (χ2n) is 1.39. The molecule has 0 amide bonds. The molecule has 3 radical (unpaired) electrons. The third kappa shape index (κ3) is 4.06. The Bertz CT molecular complexity index is 17.6. The standard InChI is InChI=1S/C4H9B/c1-3-4(2)5/h4H,3H2,1-2H3/q-1/t4-/m1/s1. The molecule has 0 N–H and O–H groups in total. The van der Waals surface area contributed by atoms with E-state index in [0.717, 1.165) is 6.42 Å².